The second-order valence-corrected chi connectivity index (χ2v) is 5.02. The van der Waals surface area contributed by atoms with Gasteiger partial charge < -0.3 is 10.2 Å². The lowest BCUT2D eigenvalue weighted by Gasteiger charge is -2.02. The Morgan fingerprint density at radius 3 is 1.95 bits per heavy atom. The van der Waals surface area contributed by atoms with Crippen LogP contribution in [0.15, 0.2) is 30.3 Å². The van der Waals surface area contributed by atoms with Gasteiger partial charge in [0, 0.05) is 0 Å². The maximum absolute atomic E-state index is 10.9. The predicted octanol–water partition coefficient (Wildman–Crippen LogP) is -1.41. The molecule has 0 radical (unpaired) electrons. The lowest BCUT2D eigenvalue weighted by atomic mass is 10.2. The average molecular weight is 323 g/mol. The summed E-state index contributed by atoms with van der Waals surface area (Å²) in [5, 5.41) is 24.8. The maximum atomic E-state index is 10.9. The molecule has 0 aliphatic heterocycles. The highest BCUT2D eigenvalue weighted by atomic mass is 32.2. The van der Waals surface area contributed by atoms with E-state index in [0.29, 0.717) is 5.69 Å². The van der Waals surface area contributed by atoms with Gasteiger partial charge in [0.1, 0.15) is 4.90 Å². The molecule has 9 nitrogen and oxygen atoms in total. The standard InChI is InChI=1S/C7H5N3O3.C5H4O3S/c1-3-2-10(9-8-3)4-5(11)7(13)6(4)12;1-9-5-3(7)2(6)4(5)8/h2,11H,1H3;7H,1H3. The van der Waals surface area contributed by atoms with Gasteiger partial charge in [0.15, 0.2) is 17.2 Å². The molecule has 0 aliphatic rings. The molecule has 0 bridgehead atoms. The van der Waals surface area contributed by atoms with Crippen molar-refractivity contribution in [2.45, 2.75) is 11.8 Å². The predicted molar refractivity (Wildman–Crippen MR) is 77.5 cm³/mol. The van der Waals surface area contributed by atoms with Gasteiger partial charge in [-0.25, -0.2) is 4.68 Å². The van der Waals surface area contributed by atoms with Crippen LogP contribution in [0.1, 0.15) is 5.69 Å². The van der Waals surface area contributed by atoms with Crippen LogP contribution in [0.4, 0.5) is 0 Å². The summed E-state index contributed by atoms with van der Waals surface area (Å²) in [6.45, 7) is 1.69. The van der Waals surface area contributed by atoms with Crippen LogP contribution in [0, 0.1) is 6.92 Å². The van der Waals surface area contributed by atoms with Crippen LogP contribution < -0.4 is 21.7 Å². The summed E-state index contributed by atoms with van der Waals surface area (Å²) in [5.74, 6) is -0.928. The molecule has 0 spiro atoms. The number of aryl methyl sites for hydroxylation is 1. The first-order valence-corrected chi connectivity index (χ1v) is 6.99. The number of rotatable bonds is 2. The average Bonchev–Trinajstić information content (AvgIpc) is 2.93. The number of nitrogens with zero attached hydrogens (tertiary/aromatic N) is 3. The summed E-state index contributed by atoms with van der Waals surface area (Å²) in [7, 11) is 0. The van der Waals surface area contributed by atoms with Crippen molar-refractivity contribution < 1.29 is 10.2 Å². The third-order valence-corrected chi connectivity index (χ3v) is 3.53. The molecule has 0 saturated carbocycles. The van der Waals surface area contributed by atoms with E-state index in [9.17, 15) is 19.2 Å². The van der Waals surface area contributed by atoms with Crippen molar-refractivity contribution in [2.24, 2.45) is 0 Å². The van der Waals surface area contributed by atoms with E-state index in [4.69, 9.17) is 10.2 Å². The fourth-order valence-electron chi connectivity index (χ4n) is 1.58. The summed E-state index contributed by atoms with van der Waals surface area (Å²) in [5.41, 5.74) is -2.44. The largest absolute Gasteiger partial charge is 0.503 e. The van der Waals surface area contributed by atoms with Gasteiger partial charge in [-0.3, -0.25) is 19.2 Å². The van der Waals surface area contributed by atoms with E-state index in [2.05, 4.69) is 10.3 Å². The number of aromatic nitrogens is 3. The van der Waals surface area contributed by atoms with Gasteiger partial charge in [-0.2, -0.15) is 0 Å². The first-order chi connectivity index (χ1) is 10.3. The molecule has 2 N–H and O–H groups in total. The highest BCUT2D eigenvalue weighted by Crippen LogP contribution is 2.19. The molecule has 10 heteroatoms. The second kappa shape index (κ2) is 5.56. The van der Waals surface area contributed by atoms with Gasteiger partial charge in [-0.1, -0.05) is 5.21 Å². The summed E-state index contributed by atoms with van der Waals surface area (Å²) in [6, 6.07) is 0. The minimum atomic E-state index is -0.872. The van der Waals surface area contributed by atoms with Crippen LogP contribution in [0.3, 0.4) is 0 Å². The van der Waals surface area contributed by atoms with Crippen molar-refractivity contribution in [3.63, 3.8) is 0 Å². The number of hydrogen-bond donors (Lipinski definition) is 2. The third kappa shape index (κ3) is 2.33. The van der Waals surface area contributed by atoms with Crippen LogP contribution in [0.2, 0.25) is 0 Å². The Morgan fingerprint density at radius 2 is 1.59 bits per heavy atom. The lowest BCUT2D eigenvalue weighted by Crippen LogP contribution is -2.34. The monoisotopic (exact) mass is 323 g/mol. The molecule has 0 saturated heterocycles. The Morgan fingerprint density at radius 1 is 1.00 bits per heavy atom. The topological polar surface area (TPSA) is 139 Å². The Balaban J connectivity index is 0.000000172. The number of thioether (sulfide) groups is 1. The molecular weight excluding hydrogens is 314 g/mol. The Kier molecular flexibility index (Phi) is 3.95. The van der Waals surface area contributed by atoms with Crippen LogP contribution >= 0.6 is 11.8 Å². The van der Waals surface area contributed by atoms with Crippen molar-refractivity contribution in [3.05, 3.63) is 52.8 Å². The molecule has 1 heterocycles. The molecule has 3 aromatic rings. The lowest BCUT2D eigenvalue weighted by molar-refractivity contribution is 0.446. The zero-order valence-corrected chi connectivity index (χ0v) is 12.2. The molecule has 22 heavy (non-hydrogen) atoms. The van der Waals surface area contributed by atoms with Gasteiger partial charge >= 0.3 is 0 Å². The zero-order valence-electron chi connectivity index (χ0n) is 11.4. The Hall–Kier alpha value is -2.75. The first kappa shape index (κ1) is 15.6. The fraction of sp³-hybridized carbons (Fsp3) is 0.167. The fourth-order valence-corrected chi connectivity index (χ4v) is 2.15. The maximum Gasteiger partial charge on any atom is 0.271 e. The van der Waals surface area contributed by atoms with Crippen LogP contribution in [-0.4, -0.2) is 31.5 Å². The summed E-state index contributed by atoms with van der Waals surface area (Å²) in [4.78, 5) is 42.4. The van der Waals surface area contributed by atoms with E-state index in [0.717, 1.165) is 16.4 Å². The van der Waals surface area contributed by atoms with Gasteiger partial charge in [-0.15, -0.1) is 16.9 Å². The van der Waals surface area contributed by atoms with Crippen LogP contribution in [0.25, 0.3) is 5.69 Å². The smallest absolute Gasteiger partial charge is 0.271 e. The molecule has 0 amide bonds. The van der Waals surface area contributed by atoms with E-state index >= 15 is 0 Å². The molecule has 1 aromatic heterocycles. The highest BCUT2D eigenvalue weighted by Gasteiger charge is 2.22. The molecule has 0 aliphatic carbocycles. The molecular formula is C12H9N3O6S. The summed E-state index contributed by atoms with van der Waals surface area (Å²) < 4.78 is 1.09. The molecule has 0 fully saturated rings. The second-order valence-electron chi connectivity index (χ2n) is 4.20. The van der Waals surface area contributed by atoms with Crippen molar-refractivity contribution in [2.75, 3.05) is 6.26 Å². The van der Waals surface area contributed by atoms with E-state index in [1.54, 1.807) is 13.2 Å². The normalized spacial score (nSPS) is 10.6. The summed E-state index contributed by atoms with van der Waals surface area (Å²) in [6.07, 6.45) is 3.09. The van der Waals surface area contributed by atoms with E-state index in [1.807, 2.05) is 0 Å². The molecule has 114 valence electrons. The quantitative estimate of drug-likeness (QED) is 0.430. The van der Waals surface area contributed by atoms with Gasteiger partial charge in [0.2, 0.25) is 5.43 Å². The minimum absolute atomic E-state index is 0.106. The van der Waals surface area contributed by atoms with Crippen molar-refractivity contribution in [1.82, 2.24) is 15.0 Å². The summed E-state index contributed by atoms with van der Waals surface area (Å²) >= 11 is 1.09. The SMILES string of the molecule is CSc1c(O)c(=O)c1=O.Cc1cn(-c2c(O)c(=O)c2=O)nn1. The third-order valence-electron chi connectivity index (χ3n) is 2.74. The van der Waals surface area contributed by atoms with Gasteiger partial charge in [0.05, 0.1) is 11.9 Å². The first-order valence-electron chi connectivity index (χ1n) is 5.77. The van der Waals surface area contributed by atoms with Crippen LogP contribution in [-0.2, 0) is 0 Å². The molecule has 0 atom stereocenters. The minimum Gasteiger partial charge on any atom is -0.503 e. The van der Waals surface area contributed by atoms with E-state index in [-0.39, 0.29) is 16.3 Å². The Labute approximate surface area is 125 Å². The van der Waals surface area contributed by atoms with Crippen molar-refractivity contribution in [1.29, 1.82) is 0 Å². The van der Waals surface area contributed by atoms with Gasteiger partial charge in [0.25, 0.3) is 16.3 Å². The molecule has 3 rings (SSSR count). The van der Waals surface area contributed by atoms with Gasteiger partial charge in [-0.05, 0) is 13.2 Å². The van der Waals surface area contributed by atoms with E-state index in [1.165, 1.54) is 6.20 Å². The number of aromatic hydroxyl groups is 2. The van der Waals surface area contributed by atoms with Crippen LogP contribution in [0.5, 0.6) is 11.5 Å². The van der Waals surface area contributed by atoms with E-state index < -0.39 is 27.5 Å². The number of hydrogen-bond acceptors (Lipinski definition) is 9. The van der Waals surface area contributed by atoms with Crippen molar-refractivity contribution >= 4 is 11.8 Å². The highest BCUT2D eigenvalue weighted by molar-refractivity contribution is 7.98. The Bertz CT molecular complexity index is 988. The molecule has 0 unspecified atom stereocenters. The van der Waals surface area contributed by atoms with Crippen molar-refractivity contribution in [3.8, 4) is 17.2 Å². The zero-order chi connectivity index (χ0) is 16.6. The molecule has 2 aromatic carbocycles.